The van der Waals surface area contributed by atoms with E-state index in [1.807, 2.05) is 34.8 Å². The van der Waals surface area contributed by atoms with Gasteiger partial charge in [0.1, 0.15) is 0 Å². The maximum atomic E-state index is 4.93. The zero-order valence-electron chi connectivity index (χ0n) is 13.4. The molecular weight excluding hydrogens is 296 g/mol. The number of nitrogens with zero attached hydrogens (tertiary/aromatic N) is 4. The van der Waals surface area contributed by atoms with Crippen molar-refractivity contribution in [3.8, 4) is 22.6 Å². The van der Waals surface area contributed by atoms with Crippen molar-refractivity contribution in [1.29, 1.82) is 0 Å². The predicted octanol–water partition coefficient (Wildman–Crippen LogP) is 3.87. The lowest BCUT2D eigenvalue weighted by molar-refractivity contribution is 0.871. The van der Waals surface area contributed by atoms with Crippen molar-refractivity contribution in [3.63, 3.8) is 0 Å². The van der Waals surface area contributed by atoms with Crippen molar-refractivity contribution < 1.29 is 0 Å². The Morgan fingerprint density at radius 2 is 1.71 bits per heavy atom. The van der Waals surface area contributed by atoms with Crippen LogP contribution in [0.2, 0.25) is 0 Å². The number of rotatable bonds is 1. The number of aromatic nitrogens is 4. The maximum Gasteiger partial charge on any atom is 0.185 e. The highest BCUT2D eigenvalue weighted by molar-refractivity contribution is 5.72. The molecule has 2 aromatic carbocycles. The van der Waals surface area contributed by atoms with Gasteiger partial charge in [-0.05, 0) is 43.0 Å². The number of fused-ring (bicyclic) bond motifs is 4. The minimum atomic E-state index is 0.785. The second-order valence-corrected chi connectivity index (χ2v) is 6.34. The van der Waals surface area contributed by atoms with Gasteiger partial charge in [0, 0.05) is 11.1 Å². The van der Waals surface area contributed by atoms with E-state index in [-0.39, 0.29) is 0 Å². The van der Waals surface area contributed by atoms with Crippen LogP contribution in [-0.4, -0.2) is 19.8 Å². The topological polar surface area (TPSA) is 43.1 Å². The standard InChI is InChI=1S/C20H16N4/c1-13-7-8-14-9-10-16-12-18-21-22-20(15-5-3-2-4-6-15)24(18)23-19(16)17(14)11-13/h2-8,11-12H,9-10H2,1H3. The molecule has 1 aliphatic carbocycles. The summed E-state index contributed by atoms with van der Waals surface area (Å²) >= 11 is 0. The second kappa shape index (κ2) is 4.99. The van der Waals surface area contributed by atoms with Crippen molar-refractivity contribution in [2.24, 2.45) is 0 Å². The first kappa shape index (κ1) is 13.4. The smallest absolute Gasteiger partial charge is 0.185 e. The van der Waals surface area contributed by atoms with Crippen LogP contribution >= 0.6 is 0 Å². The van der Waals surface area contributed by atoms with E-state index >= 15 is 0 Å². The average molecular weight is 312 g/mol. The molecule has 0 atom stereocenters. The van der Waals surface area contributed by atoms with Crippen LogP contribution in [0.4, 0.5) is 0 Å². The Labute approximate surface area is 139 Å². The van der Waals surface area contributed by atoms with Gasteiger partial charge in [-0.15, -0.1) is 10.2 Å². The van der Waals surface area contributed by atoms with E-state index in [2.05, 4.69) is 41.4 Å². The number of benzene rings is 2. The molecule has 2 heterocycles. The quantitative estimate of drug-likeness (QED) is 0.536. The lowest BCUT2D eigenvalue weighted by Crippen LogP contribution is -2.09. The third-order valence-corrected chi connectivity index (χ3v) is 4.69. The fourth-order valence-corrected chi connectivity index (χ4v) is 3.45. The lowest BCUT2D eigenvalue weighted by atomic mass is 9.88. The van der Waals surface area contributed by atoms with Gasteiger partial charge in [0.25, 0.3) is 0 Å². The van der Waals surface area contributed by atoms with Crippen molar-refractivity contribution >= 4 is 5.65 Å². The molecular formula is C20H16N4. The Balaban J connectivity index is 1.78. The van der Waals surface area contributed by atoms with E-state index in [0.717, 1.165) is 35.6 Å². The molecule has 24 heavy (non-hydrogen) atoms. The molecule has 0 bridgehead atoms. The molecule has 1 aliphatic rings. The lowest BCUT2D eigenvalue weighted by Gasteiger charge is -2.19. The van der Waals surface area contributed by atoms with E-state index < -0.39 is 0 Å². The largest absolute Gasteiger partial charge is 0.192 e. The van der Waals surface area contributed by atoms with Crippen molar-refractivity contribution in [1.82, 2.24) is 19.8 Å². The van der Waals surface area contributed by atoms with Crippen LogP contribution in [0.5, 0.6) is 0 Å². The molecule has 116 valence electrons. The average Bonchev–Trinajstić information content (AvgIpc) is 3.03. The highest BCUT2D eigenvalue weighted by atomic mass is 15.4. The van der Waals surface area contributed by atoms with Gasteiger partial charge in [-0.25, -0.2) is 0 Å². The Morgan fingerprint density at radius 3 is 2.58 bits per heavy atom. The van der Waals surface area contributed by atoms with Crippen molar-refractivity contribution in [3.05, 3.63) is 71.3 Å². The van der Waals surface area contributed by atoms with Gasteiger partial charge in [-0.2, -0.15) is 9.61 Å². The maximum absolute atomic E-state index is 4.93. The van der Waals surface area contributed by atoms with E-state index in [0.29, 0.717) is 0 Å². The van der Waals surface area contributed by atoms with E-state index in [4.69, 9.17) is 5.10 Å². The Morgan fingerprint density at radius 1 is 0.875 bits per heavy atom. The SMILES string of the molecule is Cc1ccc2c(c1)-c1nn3c(-c4ccccc4)nnc3cc1CC2. The number of aryl methyl sites for hydroxylation is 3. The first-order valence-electron chi connectivity index (χ1n) is 8.20. The summed E-state index contributed by atoms with van der Waals surface area (Å²) in [5.41, 5.74) is 8.02. The van der Waals surface area contributed by atoms with Crippen LogP contribution in [-0.2, 0) is 12.8 Å². The molecule has 0 saturated heterocycles. The molecule has 4 aromatic rings. The molecule has 0 spiro atoms. The zero-order chi connectivity index (χ0) is 16.1. The monoisotopic (exact) mass is 312 g/mol. The zero-order valence-corrected chi connectivity index (χ0v) is 13.4. The molecule has 0 saturated carbocycles. The second-order valence-electron chi connectivity index (χ2n) is 6.34. The van der Waals surface area contributed by atoms with Gasteiger partial charge < -0.3 is 0 Å². The third-order valence-electron chi connectivity index (χ3n) is 4.69. The summed E-state index contributed by atoms with van der Waals surface area (Å²) in [4.78, 5) is 0. The summed E-state index contributed by atoms with van der Waals surface area (Å²) in [5, 5.41) is 13.6. The van der Waals surface area contributed by atoms with Crippen molar-refractivity contribution in [2.45, 2.75) is 19.8 Å². The van der Waals surface area contributed by atoms with Crippen LogP contribution in [0, 0.1) is 6.92 Å². The number of hydrogen-bond donors (Lipinski definition) is 0. The molecule has 0 N–H and O–H groups in total. The van der Waals surface area contributed by atoms with Crippen molar-refractivity contribution in [2.75, 3.05) is 0 Å². The molecule has 0 fully saturated rings. The van der Waals surface area contributed by atoms with Crippen LogP contribution in [0.15, 0.2) is 54.6 Å². The third kappa shape index (κ3) is 1.96. The van der Waals surface area contributed by atoms with E-state index in [1.54, 1.807) is 0 Å². The Bertz CT molecular complexity index is 1060. The molecule has 4 heteroatoms. The summed E-state index contributed by atoms with van der Waals surface area (Å²) in [6.45, 7) is 2.13. The first-order valence-corrected chi connectivity index (χ1v) is 8.20. The summed E-state index contributed by atoms with van der Waals surface area (Å²) in [7, 11) is 0. The molecule has 0 aliphatic heterocycles. The van der Waals surface area contributed by atoms with Gasteiger partial charge in [-0.3, -0.25) is 0 Å². The highest BCUT2D eigenvalue weighted by Crippen LogP contribution is 2.33. The molecule has 0 radical (unpaired) electrons. The van der Waals surface area contributed by atoms with Crippen LogP contribution in [0.25, 0.3) is 28.3 Å². The fraction of sp³-hybridized carbons (Fsp3) is 0.150. The predicted molar refractivity (Wildman–Crippen MR) is 93.8 cm³/mol. The van der Waals surface area contributed by atoms with E-state index in [1.165, 1.54) is 22.3 Å². The summed E-state index contributed by atoms with van der Waals surface area (Å²) < 4.78 is 1.87. The highest BCUT2D eigenvalue weighted by Gasteiger charge is 2.20. The molecule has 4 nitrogen and oxygen atoms in total. The van der Waals surface area contributed by atoms with Gasteiger partial charge in [0.05, 0.1) is 5.69 Å². The van der Waals surface area contributed by atoms with Gasteiger partial charge in [0.15, 0.2) is 11.5 Å². The minimum Gasteiger partial charge on any atom is -0.192 e. The van der Waals surface area contributed by atoms with Crippen LogP contribution in [0.1, 0.15) is 16.7 Å². The van der Waals surface area contributed by atoms with Crippen LogP contribution < -0.4 is 0 Å². The molecule has 2 aromatic heterocycles. The minimum absolute atomic E-state index is 0.785. The van der Waals surface area contributed by atoms with Gasteiger partial charge in [0.2, 0.25) is 0 Å². The fourth-order valence-electron chi connectivity index (χ4n) is 3.45. The first-order chi connectivity index (χ1) is 11.8. The Hall–Kier alpha value is -3.01. The molecule has 0 amide bonds. The van der Waals surface area contributed by atoms with Crippen LogP contribution in [0.3, 0.4) is 0 Å². The number of hydrogen-bond acceptors (Lipinski definition) is 3. The Kier molecular flexibility index (Phi) is 2.80. The van der Waals surface area contributed by atoms with E-state index in [9.17, 15) is 0 Å². The molecule has 5 rings (SSSR count). The normalized spacial score (nSPS) is 12.9. The summed E-state index contributed by atoms with van der Waals surface area (Å²) in [6, 6.07) is 18.9. The summed E-state index contributed by atoms with van der Waals surface area (Å²) in [5.74, 6) is 0.785. The van der Waals surface area contributed by atoms with Gasteiger partial charge >= 0.3 is 0 Å². The summed E-state index contributed by atoms with van der Waals surface area (Å²) in [6.07, 6.45) is 2.06. The van der Waals surface area contributed by atoms with Gasteiger partial charge in [-0.1, -0.05) is 48.0 Å². The molecule has 0 unspecified atom stereocenters.